The zero-order chi connectivity index (χ0) is 14.9. The van der Waals surface area contributed by atoms with Gasteiger partial charge in [0.15, 0.2) is 9.84 Å². The van der Waals surface area contributed by atoms with Crippen LogP contribution in [0, 0.1) is 0 Å². The number of nitrogens with two attached hydrogens (primary N) is 1. The molecule has 1 aliphatic heterocycles. The number of aryl methyl sites for hydroxylation is 1. The van der Waals surface area contributed by atoms with E-state index in [1.165, 1.54) is 0 Å². The predicted molar refractivity (Wildman–Crippen MR) is 78.3 cm³/mol. The van der Waals surface area contributed by atoms with Crippen LogP contribution in [-0.4, -0.2) is 47.9 Å². The molecule has 0 spiro atoms. The minimum Gasteiger partial charge on any atom is -0.397 e. The molecular weight excluding hydrogens is 278 g/mol. The number of nitrogen functional groups attached to an aromatic ring is 1. The lowest BCUT2D eigenvalue weighted by molar-refractivity contribution is 0.0701. The molecule has 2 rings (SSSR count). The van der Waals surface area contributed by atoms with Crippen molar-refractivity contribution in [1.82, 2.24) is 9.47 Å². The highest BCUT2D eigenvalue weighted by atomic mass is 32.2. The molecule has 1 aliphatic rings. The molecule has 112 valence electrons. The first-order chi connectivity index (χ1) is 9.34. The van der Waals surface area contributed by atoms with Gasteiger partial charge in [0, 0.05) is 25.3 Å². The molecule has 0 radical (unpaired) electrons. The first-order valence-electron chi connectivity index (χ1n) is 6.81. The van der Waals surface area contributed by atoms with E-state index in [1.54, 1.807) is 24.1 Å². The smallest absolute Gasteiger partial charge is 0.270 e. The lowest BCUT2D eigenvalue weighted by Crippen LogP contribution is -2.50. The average molecular weight is 299 g/mol. The summed E-state index contributed by atoms with van der Waals surface area (Å²) in [7, 11) is -3.02. The summed E-state index contributed by atoms with van der Waals surface area (Å²) in [4.78, 5) is 14.2. The molecule has 1 fully saturated rings. The van der Waals surface area contributed by atoms with Gasteiger partial charge >= 0.3 is 0 Å². The second kappa shape index (κ2) is 5.47. The Balaban J connectivity index is 2.23. The fourth-order valence-electron chi connectivity index (χ4n) is 2.59. The van der Waals surface area contributed by atoms with Gasteiger partial charge in [-0.25, -0.2) is 8.42 Å². The van der Waals surface area contributed by atoms with Gasteiger partial charge in [-0.1, -0.05) is 6.92 Å². The Kier molecular flexibility index (Phi) is 4.08. The number of hydrogen-bond donors (Lipinski definition) is 1. The number of aromatic nitrogens is 1. The average Bonchev–Trinajstić information content (AvgIpc) is 2.69. The molecule has 1 atom stereocenters. The van der Waals surface area contributed by atoms with Crippen molar-refractivity contribution in [2.75, 3.05) is 23.8 Å². The normalized spacial score (nSPS) is 21.9. The van der Waals surface area contributed by atoms with Crippen molar-refractivity contribution in [3.05, 3.63) is 18.0 Å². The quantitative estimate of drug-likeness (QED) is 0.892. The molecule has 0 bridgehead atoms. The molecule has 2 heterocycles. The van der Waals surface area contributed by atoms with E-state index in [-0.39, 0.29) is 30.0 Å². The molecule has 1 amide bonds. The molecular formula is C13H21N3O3S. The van der Waals surface area contributed by atoms with Gasteiger partial charge in [-0.15, -0.1) is 0 Å². The summed E-state index contributed by atoms with van der Waals surface area (Å²) in [5.41, 5.74) is 6.86. The lowest BCUT2D eigenvalue weighted by Gasteiger charge is -2.33. The van der Waals surface area contributed by atoms with Gasteiger partial charge in [-0.05, 0) is 19.4 Å². The minimum atomic E-state index is -3.02. The van der Waals surface area contributed by atoms with E-state index in [9.17, 15) is 13.2 Å². The van der Waals surface area contributed by atoms with Crippen molar-refractivity contribution < 1.29 is 13.2 Å². The third kappa shape index (κ3) is 2.98. The van der Waals surface area contributed by atoms with Crippen LogP contribution in [0.15, 0.2) is 12.3 Å². The summed E-state index contributed by atoms with van der Waals surface area (Å²) in [6, 6.07) is 1.36. The Morgan fingerprint density at radius 3 is 2.80 bits per heavy atom. The molecule has 0 aromatic carbocycles. The van der Waals surface area contributed by atoms with Crippen LogP contribution in [0.1, 0.15) is 30.8 Å². The van der Waals surface area contributed by atoms with Crippen molar-refractivity contribution in [1.29, 1.82) is 0 Å². The molecule has 1 saturated heterocycles. The molecule has 20 heavy (non-hydrogen) atoms. The standard InChI is InChI=1S/C13H21N3O3S/c1-3-4-15-8-11(14)7-12(15)13(17)16-5-6-20(18,19)9-10(16)2/h7-8,10H,3-6,9,14H2,1-2H3. The topological polar surface area (TPSA) is 85.4 Å². The maximum Gasteiger partial charge on any atom is 0.270 e. The Morgan fingerprint density at radius 2 is 2.20 bits per heavy atom. The van der Waals surface area contributed by atoms with Gasteiger partial charge in [0.25, 0.3) is 5.91 Å². The van der Waals surface area contributed by atoms with E-state index in [1.807, 2.05) is 11.5 Å². The van der Waals surface area contributed by atoms with E-state index >= 15 is 0 Å². The zero-order valence-electron chi connectivity index (χ0n) is 11.9. The third-order valence-electron chi connectivity index (χ3n) is 3.53. The van der Waals surface area contributed by atoms with Gasteiger partial charge in [-0.3, -0.25) is 4.79 Å². The van der Waals surface area contributed by atoms with Gasteiger partial charge in [0.05, 0.1) is 17.2 Å². The summed E-state index contributed by atoms with van der Waals surface area (Å²) in [6.07, 6.45) is 2.65. The molecule has 7 heteroatoms. The Bertz CT molecular complexity index is 606. The minimum absolute atomic E-state index is 0.0305. The summed E-state index contributed by atoms with van der Waals surface area (Å²) in [6.45, 7) is 4.77. The lowest BCUT2D eigenvalue weighted by atomic mass is 10.2. The van der Waals surface area contributed by atoms with Gasteiger partial charge < -0.3 is 15.2 Å². The van der Waals surface area contributed by atoms with E-state index in [0.717, 1.165) is 13.0 Å². The number of hydrogen-bond acceptors (Lipinski definition) is 4. The van der Waals surface area contributed by atoms with E-state index in [2.05, 4.69) is 0 Å². The Morgan fingerprint density at radius 1 is 1.50 bits per heavy atom. The molecule has 1 unspecified atom stereocenters. The number of rotatable bonds is 3. The van der Waals surface area contributed by atoms with Crippen LogP contribution in [-0.2, 0) is 16.4 Å². The van der Waals surface area contributed by atoms with Crippen molar-refractivity contribution in [2.45, 2.75) is 32.9 Å². The van der Waals surface area contributed by atoms with E-state index in [4.69, 9.17) is 5.73 Å². The van der Waals surface area contributed by atoms with Gasteiger partial charge in [0.2, 0.25) is 0 Å². The van der Waals surface area contributed by atoms with Crippen LogP contribution in [0.3, 0.4) is 0 Å². The highest BCUT2D eigenvalue weighted by molar-refractivity contribution is 7.91. The van der Waals surface area contributed by atoms with Crippen molar-refractivity contribution in [3.63, 3.8) is 0 Å². The number of amides is 1. The highest BCUT2D eigenvalue weighted by Gasteiger charge is 2.32. The number of sulfone groups is 1. The molecule has 0 aliphatic carbocycles. The SMILES string of the molecule is CCCn1cc(N)cc1C(=O)N1CCS(=O)(=O)CC1C. The monoisotopic (exact) mass is 299 g/mol. The number of carbonyl (C=O) groups excluding carboxylic acids is 1. The van der Waals surface area contributed by atoms with E-state index < -0.39 is 9.84 Å². The van der Waals surface area contributed by atoms with Crippen LogP contribution in [0.4, 0.5) is 5.69 Å². The predicted octanol–water partition coefficient (Wildman–Crippen LogP) is 0.739. The Labute approximate surface area is 119 Å². The van der Waals surface area contributed by atoms with Crippen LogP contribution in [0.25, 0.3) is 0 Å². The second-order valence-corrected chi connectivity index (χ2v) is 7.54. The zero-order valence-corrected chi connectivity index (χ0v) is 12.7. The van der Waals surface area contributed by atoms with Crippen molar-refractivity contribution >= 4 is 21.4 Å². The first-order valence-corrected chi connectivity index (χ1v) is 8.63. The van der Waals surface area contributed by atoms with Crippen LogP contribution in [0.5, 0.6) is 0 Å². The molecule has 1 aromatic heterocycles. The molecule has 6 nitrogen and oxygen atoms in total. The number of nitrogens with zero attached hydrogens (tertiary/aromatic N) is 2. The maximum atomic E-state index is 12.6. The summed E-state index contributed by atoms with van der Waals surface area (Å²) >= 11 is 0. The van der Waals surface area contributed by atoms with Gasteiger partial charge in [-0.2, -0.15) is 0 Å². The molecule has 0 saturated carbocycles. The summed E-state index contributed by atoms with van der Waals surface area (Å²) in [5.74, 6) is -0.0759. The fraction of sp³-hybridized carbons (Fsp3) is 0.615. The number of carbonyl (C=O) groups is 1. The van der Waals surface area contributed by atoms with Crippen molar-refractivity contribution in [3.8, 4) is 0 Å². The van der Waals surface area contributed by atoms with Crippen molar-refractivity contribution in [2.24, 2.45) is 0 Å². The Hall–Kier alpha value is -1.50. The summed E-state index contributed by atoms with van der Waals surface area (Å²) in [5, 5.41) is 0. The molecule has 2 N–H and O–H groups in total. The number of anilines is 1. The largest absolute Gasteiger partial charge is 0.397 e. The van der Waals surface area contributed by atoms with Crippen LogP contribution in [0.2, 0.25) is 0 Å². The van der Waals surface area contributed by atoms with Gasteiger partial charge in [0.1, 0.15) is 5.69 Å². The summed E-state index contributed by atoms with van der Waals surface area (Å²) < 4.78 is 25.0. The second-order valence-electron chi connectivity index (χ2n) is 5.31. The maximum absolute atomic E-state index is 12.6. The van der Waals surface area contributed by atoms with E-state index in [0.29, 0.717) is 11.4 Å². The highest BCUT2D eigenvalue weighted by Crippen LogP contribution is 2.18. The third-order valence-corrected chi connectivity index (χ3v) is 5.33. The first kappa shape index (κ1) is 14.9. The van der Waals surface area contributed by atoms with Crippen LogP contribution >= 0.6 is 0 Å². The molecule has 1 aromatic rings. The fourth-order valence-corrected chi connectivity index (χ4v) is 4.14. The van der Waals surface area contributed by atoms with Crippen LogP contribution < -0.4 is 5.73 Å².